The number of anilines is 1. The van der Waals surface area contributed by atoms with Crippen molar-refractivity contribution in [1.82, 2.24) is 9.29 Å². The van der Waals surface area contributed by atoms with Crippen molar-refractivity contribution < 1.29 is 17.9 Å². The fourth-order valence-corrected chi connectivity index (χ4v) is 5.24. The maximum atomic E-state index is 12.5. The van der Waals surface area contributed by atoms with Crippen LogP contribution in [0.25, 0.3) is 10.2 Å². The number of ether oxygens (including phenoxy) is 1. The largest absolute Gasteiger partial charge is 0.497 e. The third-order valence-electron chi connectivity index (χ3n) is 4.52. The Kier molecular flexibility index (Phi) is 6.51. The van der Waals surface area contributed by atoms with Gasteiger partial charge >= 0.3 is 0 Å². The molecule has 1 heterocycles. The Balaban J connectivity index is 1.68. The van der Waals surface area contributed by atoms with Gasteiger partial charge in [-0.2, -0.15) is 4.31 Å². The van der Waals surface area contributed by atoms with Crippen molar-refractivity contribution in [1.29, 1.82) is 0 Å². The molecule has 2 aromatic carbocycles. The number of thiazole rings is 1. The van der Waals surface area contributed by atoms with Crippen LogP contribution in [0.15, 0.2) is 47.4 Å². The molecule has 1 N–H and O–H groups in total. The summed E-state index contributed by atoms with van der Waals surface area (Å²) in [6.07, 6.45) is 0. The molecule has 0 saturated carbocycles. The second kappa shape index (κ2) is 8.89. The quantitative estimate of drug-likeness (QED) is 0.519. The van der Waals surface area contributed by atoms with Gasteiger partial charge in [0.15, 0.2) is 10.9 Å². The molecule has 3 aromatic rings. The lowest BCUT2D eigenvalue weighted by Crippen LogP contribution is -2.30. The Labute approximate surface area is 174 Å². The van der Waals surface area contributed by atoms with Crippen LogP contribution in [0, 0.1) is 0 Å². The van der Waals surface area contributed by atoms with Crippen LogP contribution in [0.4, 0.5) is 5.13 Å². The summed E-state index contributed by atoms with van der Waals surface area (Å²) >= 11 is 1.44. The van der Waals surface area contributed by atoms with Crippen LogP contribution in [0.5, 0.6) is 5.75 Å². The predicted octanol–water partition coefficient (Wildman–Crippen LogP) is 3.63. The number of hydrogen-bond donors (Lipinski definition) is 1. The second-order valence-corrected chi connectivity index (χ2v) is 9.21. The molecule has 0 aliphatic heterocycles. The number of carbonyl (C=O) groups is 1. The van der Waals surface area contributed by atoms with E-state index in [9.17, 15) is 13.2 Å². The first-order valence-electron chi connectivity index (χ1n) is 9.21. The average Bonchev–Trinajstić information content (AvgIpc) is 3.14. The van der Waals surface area contributed by atoms with Gasteiger partial charge in [-0.25, -0.2) is 13.4 Å². The number of nitrogens with zero attached hydrogens (tertiary/aromatic N) is 2. The second-order valence-electron chi connectivity index (χ2n) is 6.24. The molecule has 1 aromatic heterocycles. The molecule has 3 rings (SSSR count). The number of aromatic nitrogens is 1. The summed E-state index contributed by atoms with van der Waals surface area (Å²) in [7, 11) is -1.92. The molecule has 0 fully saturated rings. The van der Waals surface area contributed by atoms with Crippen LogP contribution in [0.3, 0.4) is 0 Å². The number of benzene rings is 2. The summed E-state index contributed by atoms with van der Waals surface area (Å²) in [6.45, 7) is 4.46. The summed E-state index contributed by atoms with van der Waals surface area (Å²) in [5.74, 6) is 0.608. The van der Waals surface area contributed by atoms with E-state index >= 15 is 0 Å². The van der Waals surface area contributed by atoms with Crippen molar-refractivity contribution in [3.8, 4) is 5.75 Å². The third kappa shape index (κ3) is 4.58. The number of hydrogen-bond acceptors (Lipinski definition) is 7. The minimum atomic E-state index is -3.53. The molecule has 9 heteroatoms. The summed E-state index contributed by atoms with van der Waals surface area (Å²) < 4.78 is 32.6. The van der Waals surface area contributed by atoms with Gasteiger partial charge in [0.2, 0.25) is 10.0 Å². The van der Waals surface area contributed by atoms with E-state index in [-0.39, 0.29) is 17.2 Å². The average molecular weight is 434 g/mol. The maximum absolute atomic E-state index is 12.5. The van der Waals surface area contributed by atoms with Gasteiger partial charge in [-0.3, -0.25) is 4.79 Å². The van der Waals surface area contributed by atoms with Crippen LogP contribution >= 0.6 is 11.3 Å². The predicted molar refractivity (Wildman–Crippen MR) is 116 cm³/mol. The smallest absolute Gasteiger partial charge is 0.243 e. The van der Waals surface area contributed by atoms with Crippen LogP contribution < -0.4 is 10.1 Å². The van der Waals surface area contributed by atoms with Crippen molar-refractivity contribution in [3.05, 3.63) is 48.0 Å². The van der Waals surface area contributed by atoms with E-state index in [1.165, 1.54) is 27.8 Å². The van der Waals surface area contributed by atoms with Crippen LogP contribution in [-0.2, 0) is 10.0 Å². The van der Waals surface area contributed by atoms with Crippen LogP contribution in [0.2, 0.25) is 0 Å². The zero-order valence-corrected chi connectivity index (χ0v) is 18.1. The fraction of sp³-hybridized carbons (Fsp3) is 0.300. The first-order valence-corrected chi connectivity index (χ1v) is 11.5. The Hall–Kier alpha value is -2.49. The van der Waals surface area contributed by atoms with Crippen molar-refractivity contribution >= 4 is 42.5 Å². The van der Waals surface area contributed by atoms with Gasteiger partial charge in [0, 0.05) is 18.7 Å². The SMILES string of the molecule is CCN(CC)S(=O)(=O)c1ccc(C(=O)CNc2nc3ccc(OC)cc3s2)cc1. The highest BCUT2D eigenvalue weighted by molar-refractivity contribution is 7.89. The van der Waals surface area contributed by atoms with E-state index in [1.807, 2.05) is 18.2 Å². The molecular formula is C20H23N3O4S2. The van der Waals surface area contributed by atoms with Crippen molar-refractivity contribution in [2.24, 2.45) is 0 Å². The number of rotatable bonds is 9. The minimum absolute atomic E-state index is 0.0686. The molecule has 0 bridgehead atoms. The van der Waals surface area contributed by atoms with Gasteiger partial charge in [-0.1, -0.05) is 25.2 Å². The maximum Gasteiger partial charge on any atom is 0.243 e. The van der Waals surface area contributed by atoms with Gasteiger partial charge in [-0.05, 0) is 42.5 Å². The van der Waals surface area contributed by atoms with Gasteiger partial charge in [0.25, 0.3) is 0 Å². The van der Waals surface area contributed by atoms with E-state index in [1.54, 1.807) is 33.1 Å². The number of nitrogens with one attached hydrogen (secondary N) is 1. The molecular weight excluding hydrogens is 410 g/mol. The number of fused-ring (bicyclic) bond motifs is 1. The summed E-state index contributed by atoms with van der Waals surface area (Å²) in [4.78, 5) is 17.1. The highest BCUT2D eigenvalue weighted by Gasteiger charge is 2.21. The van der Waals surface area contributed by atoms with Crippen LogP contribution in [0.1, 0.15) is 24.2 Å². The van der Waals surface area contributed by atoms with Crippen molar-refractivity contribution in [2.75, 3.05) is 32.1 Å². The number of ketones is 1. The molecule has 154 valence electrons. The molecule has 0 atom stereocenters. The Morgan fingerprint density at radius 1 is 1.14 bits per heavy atom. The highest BCUT2D eigenvalue weighted by atomic mass is 32.2. The summed E-state index contributed by atoms with van der Waals surface area (Å²) in [6, 6.07) is 11.6. The number of methoxy groups -OCH3 is 1. The molecule has 0 unspecified atom stereocenters. The highest BCUT2D eigenvalue weighted by Crippen LogP contribution is 2.29. The molecule has 0 spiro atoms. The first kappa shape index (κ1) is 21.2. The zero-order chi connectivity index (χ0) is 21.0. The molecule has 0 amide bonds. The van der Waals surface area contributed by atoms with Gasteiger partial charge in [-0.15, -0.1) is 0 Å². The van der Waals surface area contributed by atoms with E-state index in [0.717, 1.165) is 16.0 Å². The van der Waals surface area contributed by atoms with E-state index in [0.29, 0.717) is 23.8 Å². The molecule has 0 radical (unpaired) electrons. The van der Waals surface area contributed by atoms with Gasteiger partial charge in [0.1, 0.15) is 5.75 Å². The summed E-state index contributed by atoms with van der Waals surface area (Å²) in [5, 5.41) is 3.68. The van der Waals surface area contributed by atoms with Gasteiger partial charge in [0.05, 0.1) is 28.8 Å². The molecule has 0 aliphatic carbocycles. The molecule has 0 saturated heterocycles. The fourth-order valence-electron chi connectivity index (χ4n) is 2.89. The minimum Gasteiger partial charge on any atom is -0.497 e. The monoisotopic (exact) mass is 433 g/mol. The van der Waals surface area contributed by atoms with E-state index < -0.39 is 10.0 Å². The third-order valence-corrected chi connectivity index (χ3v) is 7.56. The normalized spacial score (nSPS) is 11.7. The molecule has 0 aliphatic rings. The Morgan fingerprint density at radius 3 is 2.45 bits per heavy atom. The van der Waals surface area contributed by atoms with Gasteiger partial charge < -0.3 is 10.1 Å². The lowest BCUT2D eigenvalue weighted by molar-refractivity contribution is 0.101. The topological polar surface area (TPSA) is 88.6 Å². The first-order chi connectivity index (χ1) is 13.9. The zero-order valence-electron chi connectivity index (χ0n) is 16.5. The number of sulfonamides is 1. The lowest BCUT2D eigenvalue weighted by atomic mass is 10.1. The van der Waals surface area contributed by atoms with Crippen molar-refractivity contribution in [3.63, 3.8) is 0 Å². The molecule has 7 nitrogen and oxygen atoms in total. The van der Waals surface area contributed by atoms with Crippen molar-refractivity contribution in [2.45, 2.75) is 18.7 Å². The number of carbonyl (C=O) groups excluding carboxylic acids is 1. The molecule has 29 heavy (non-hydrogen) atoms. The Morgan fingerprint density at radius 2 is 1.83 bits per heavy atom. The standard InChI is InChI=1S/C20H23N3O4S2/c1-4-23(5-2)29(25,26)16-9-6-14(7-10-16)18(24)13-21-20-22-17-11-8-15(27-3)12-19(17)28-20/h6-12H,4-5,13H2,1-3H3,(H,21,22). The number of Topliss-reactive ketones (excluding diaryl/α,β-unsaturated/α-hetero) is 1. The van der Waals surface area contributed by atoms with Crippen LogP contribution in [-0.4, -0.2) is 50.2 Å². The van der Waals surface area contributed by atoms with E-state index in [4.69, 9.17) is 4.74 Å². The summed E-state index contributed by atoms with van der Waals surface area (Å²) in [5.41, 5.74) is 1.27. The Bertz CT molecular complexity index is 1100. The lowest BCUT2D eigenvalue weighted by Gasteiger charge is -2.18. The van der Waals surface area contributed by atoms with E-state index in [2.05, 4.69) is 10.3 Å².